The molecule has 1 nitrogen and oxygen atoms in total. The maximum Gasteiger partial charge on any atom is 0.0603 e. The third-order valence-electron chi connectivity index (χ3n) is 3.82. The molecule has 1 aliphatic heterocycles. The lowest BCUT2D eigenvalue weighted by molar-refractivity contribution is 0.459. The zero-order chi connectivity index (χ0) is 9.73. The molecule has 2 atom stereocenters. The van der Waals surface area contributed by atoms with E-state index < -0.39 is 8.80 Å². The van der Waals surface area contributed by atoms with Gasteiger partial charge in [-0.25, -0.2) is 0 Å². The highest BCUT2D eigenvalue weighted by atomic mass is 28.3. The smallest absolute Gasteiger partial charge is 0.0603 e. The van der Waals surface area contributed by atoms with Gasteiger partial charge in [0, 0.05) is 5.16 Å². The monoisotopic (exact) mass is 199 g/mol. The minimum absolute atomic E-state index is 0.327. The average molecular weight is 199 g/mol. The SMILES string of the molecule is CCCC[SiH]1CCCCC1(N)CC. The zero-order valence-corrected chi connectivity index (χ0v) is 10.5. The number of nitrogens with two attached hydrogens (primary N) is 1. The van der Waals surface area contributed by atoms with Crippen LogP contribution in [0.3, 0.4) is 0 Å². The quantitative estimate of drug-likeness (QED) is 0.692. The Balaban J connectivity index is 2.46. The lowest BCUT2D eigenvalue weighted by Gasteiger charge is -2.40. The minimum Gasteiger partial charge on any atom is -0.328 e. The largest absolute Gasteiger partial charge is 0.328 e. The number of rotatable bonds is 4. The first-order valence-corrected chi connectivity index (χ1v) is 8.23. The van der Waals surface area contributed by atoms with Crippen LogP contribution in [0.1, 0.15) is 52.4 Å². The lowest BCUT2D eigenvalue weighted by Crippen LogP contribution is -2.55. The molecule has 0 radical (unpaired) electrons. The zero-order valence-electron chi connectivity index (χ0n) is 9.31. The number of hydrogen-bond acceptors (Lipinski definition) is 1. The van der Waals surface area contributed by atoms with Gasteiger partial charge in [0.2, 0.25) is 0 Å². The predicted molar refractivity (Wildman–Crippen MR) is 62.7 cm³/mol. The van der Waals surface area contributed by atoms with Crippen LogP contribution in [0.5, 0.6) is 0 Å². The second-order valence-electron chi connectivity index (χ2n) is 4.67. The molecule has 13 heavy (non-hydrogen) atoms. The summed E-state index contributed by atoms with van der Waals surface area (Å²) in [6.07, 6.45) is 8.19. The van der Waals surface area contributed by atoms with E-state index in [0.717, 1.165) is 0 Å². The molecule has 1 aliphatic rings. The molecule has 2 unspecified atom stereocenters. The van der Waals surface area contributed by atoms with Crippen molar-refractivity contribution in [2.75, 3.05) is 0 Å². The molecule has 1 rings (SSSR count). The van der Waals surface area contributed by atoms with E-state index in [1.165, 1.54) is 50.6 Å². The minimum atomic E-state index is -0.596. The molecule has 0 spiro atoms. The van der Waals surface area contributed by atoms with Gasteiger partial charge in [0.05, 0.1) is 8.80 Å². The number of unbranched alkanes of at least 4 members (excludes halogenated alkanes) is 1. The Morgan fingerprint density at radius 2 is 2.08 bits per heavy atom. The summed E-state index contributed by atoms with van der Waals surface area (Å²) in [5, 5.41) is 0.327. The van der Waals surface area contributed by atoms with E-state index in [4.69, 9.17) is 5.73 Å². The summed E-state index contributed by atoms with van der Waals surface area (Å²) >= 11 is 0. The Morgan fingerprint density at radius 1 is 1.31 bits per heavy atom. The van der Waals surface area contributed by atoms with Gasteiger partial charge in [-0.2, -0.15) is 0 Å². The van der Waals surface area contributed by atoms with E-state index in [1.54, 1.807) is 0 Å². The van der Waals surface area contributed by atoms with E-state index in [-0.39, 0.29) is 0 Å². The van der Waals surface area contributed by atoms with Crippen LogP contribution in [0, 0.1) is 0 Å². The standard InChI is InChI=1S/C11H25NSi/c1-3-5-9-13-10-7-6-8-11(13,12)4-2/h13H,3-10,12H2,1-2H3. The fourth-order valence-corrected chi connectivity index (χ4v) is 6.99. The van der Waals surface area contributed by atoms with E-state index >= 15 is 0 Å². The van der Waals surface area contributed by atoms with Crippen LogP contribution < -0.4 is 5.73 Å². The molecule has 0 aromatic rings. The normalized spacial score (nSPS) is 34.8. The summed E-state index contributed by atoms with van der Waals surface area (Å²) in [5.74, 6) is 0. The summed E-state index contributed by atoms with van der Waals surface area (Å²) in [4.78, 5) is 0. The molecule has 0 amide bonds. The van der Waals surface area contributed by atoms with E-state index in [9.17, 15) is 0 Å². The second-order valence-corrected chi connectivity index (χ2v) is 8.37. The third kappa shape index (κ3) is 2.81. The maximum absolute atomic E-state index is 6.51. The molecule has 0 aliphatic carbocycles. The van der Waals surface area contributed by atoms with Crippen LogP contribution in [0.4, 0.5) is 0 Å². The predicted octanol–water partition coefficient (Wildman–Crippen LogP) is 2.84. The molecular weight excluding hydrogens is 174 g/mol. The molecule has 2 N–H and O–H groups in total. The molecule has 0 aromatic heterocycles. The van der Waals surface area contributed by atoms with Crippen molar-refractivity contribution in [3.63, 3.8) is 0 Å². The Kier molecular flexibility index (Phi) is 4.46. The fraction of sp³-hybridized carbons (Fsp3) is 1.00. The topological polar surface area (TPSA) is 26.0 Å². The molecule has 1 fully saturated rings. The van der Waals surface area contributed by atoms with Crippen molar-refractivity contribution in [3.05, 3.63) is 0 Å². The van der Waals surface area contributed by atoms with Crippen molar-refractivity contribution in [1.29, 1.82) is 0 Å². The first-order valence-electron chi connectivity index (χ1n) is 6.02. The summed E-state index contributed by atoms with van der Waals surface area (Å²) in [5.41, 5.74) is 6.51. The molecule has 2 heteroatoms. The Labute approximate surface area is 84.7 Å². The molecular formula is C11H25NSi. The second kappa shape index (κ2) is 5.16. The van der Waals surface area contributed by atoms with Gasteiger partial charge in [-0.05, 0) is 12.8 Å². The van der Waals surface area contributed by atoms with E-state index in [2.05, 4.69) is 13.8 Å². The van der Waals surface area contributed by atoms with Crippen LogP contribution in [0.2, 0.25) is 12.1 Å². The van der Waals surface area contributed by atoms with Crippen molar-refractivity contribution in [1.82, 2.24) is 0 Å². The first-order chi connectivity index (χ1) is 6.23. The van der Waals surface area contributed by atoms with Crippen molar-refractivity contribution in [2.24, 2.45) is 5.73 Å². The molecule has 0 aromatic carbocycles. The number of hydrogen-bond donors (Lipinski definition) is 1. The van der Waals surface area contributed by atoms with Gasteiger partial charge in [-0.15, -0.1) is 0 Å². The van der Waals surface area contributed by atoms with Crippen LogP contribution in [-0.2, 0) is 0 Å². The van der Waals surface area contributed by atoms with Crippen LogP contribution in [0.25, 0.3) is 0 Å². The van der Waals surface area contributed by atoms with Crippen molar-refractivity contribution in [2.45, 2.75) is 69.6 Å². The highest BCUT2D eigenvalue weighted by Gasteiger charge is 2.35. The van der Waals surface area contributed by atoms with Gasteiger partial charge in [-0.3, -0.25) is 0 Å². The summed E-state index contributed by atoms with van der Waals surface area (Å²) in [7, 11) is -0.596. The van der Waals surface area contributed by atoms with Gasteiger partial charge in [0.1, 0.15) is 0 Å². The maximum atomic E-state index is 6.51. The van der Waals surface area contributed by atoms with Crippen molar-refractivity contribution in [3.8, 4) is 0 Å². The van der Waals surface area contributed by atoms with Crippen molar-refractivity contribution < 1.29 is 0 Å². The third-order valence-corrected chi connectivity index (χ3v) is 8.36. The van der Waals surface area contributed by atoms with Crippen LogP contribution in [0.15, 0.2) is 0 Å². The Hall–Kier alpha value is 0.177. The van der Waals surface area contributed by atoms with Gasteiger partial charge in [0.15, 0.2) is 0 Å². The average Bonchev–Trinajstić information content (AvgIpc) is 2.17. The highest BCUT2D eigenvalue weighted by Crippen LogP contribution is 2.31. The van der Waals surface area contributed by atoms with E-state index in [1.807, 2.05) is 0 Å². The van der Waals surface area contributed by atoms with Crippen LogP contribution >= 0.6 is 0 Å². The van der Waals surface area contributed by atoms with Crippen molar-refractivity contribution >= 4 is 8.80 Å². The summed E-state index contributed by atoms with van der Waals surface area (Å²) in [6, 6.07) is 3.02. The molecule has 1 heterocycles. The molecule has 0 saturated carbocycles. The van der Waals surface area contributed by atoms with Gasteiger partial charge in [0.25, 0.3) is 0 Å². The Morgan fingerprint density at radius 3 is 2.69 bits per heavy atom. The fourth-order valence-electron chi connectivity index (χ4n) is 2.68. The van der Waals surface area contributed by atoms with Gasteiger partial charge >= 0.3 is 0 Å². The molecule has 78 valence electrons. The highest BCUT2D eigenvalue weighted by molar-refractivity contribution is 6.62. The Bertz CT molecular complexity index is 149. The van der Waals surface area contributed by atoms with Gasteiger partial charge in [-0.1, -0.05) is 51.6 Å². The lowest BCUT2D eigenvalue weighted by atomic mass is 10.1. The molecule has 1 saturated heterocycles. The van der Waals surface area contributed by atoms with Crippen LogP contribution in [-0.4, -0.2) is 14.0 Å². The summed E-state index contributed by atoms with van der Waals surface area (Å²) in [6.45, 7) is 4.58. The summed E-state index contributed by atoms with van der Waals surface area (Å²) < 4.78 is 0. The van der Waals surface area contributed by atoms with Gasteiger partial charge < -0.3 is 5.73 Å². The first kappa shape index (κ1) is 11.3. The molecule has 0 bridgehead atoms. The van der Waals surface area contributed by atoms with E-state index in [0.29, 0.717) is 5.16 Å².